The quantitative estimate of drug-likeness (QED) is 0.738. The molecule has 4 rings (SSSR count). The van der Waals surface area contributed by atoms with Crippen molar-refractivity contribution in [1.82, 2.24) is 9.97 Å². The number of amides is 1. The molecule has 0 unspecified atom stereocenters. The Kier molecular flexibility index (Phi) is 4.34. The molecular weight excluding hydrogens is 375 g/mol. The number of aromatic nitrogens is 2. The van der Waals surface area contributed by atoms with Gasteiger partial charge >= 0.3 is 6.61 Å². The molecule has 0 saturated heterocycles. The summed E-state index contributed by atoms with van der Waals surface area (Å²) in [7, 11) is 0. The van der Waals surface area contributed by atoms with E-state index < -0.39 is 12.4 Å². The highest BCUT2D eigenvalue weighted by Crippen LogP contribution is 2.37. The number of ether oxygens (including phenoxy) is 1. The second-order valence-electron chi connectivity index (χ2n) is 5.97. The van der Waals surface area contributed by atoms with E-state index in [9.17, 15) is 23.1 Å². The zero-order valence-electron chi connectivity index (χ0n) is 14.1. The first-order chi connectivity index (χ1) is 13.4. The minimum atomic E-state index is -2.99. The molecule has 3 aromatic rings. The maximum Gasteiger partial charge on any atom is 0.388 e. The van der Waals surface area contributed by atoms with Gasteiger partial charge in [0.15, 0.2) is 0 Å². The molecule has 0 aliphatic carbocycles. The van der Waals surface area contributed by atoms with Crippen molar-refractivity contribution < 1.29 is 27.8 Å². The Morgan fingerprint density at radius 1 is 1.11 bits per heavy atom. The van der Waals surface area contributed by atoms with Crippen LogP contribution >= 0.6 is 0 Å². The van der Waals surface area contributed by atoms with Crippen molar-refractivity contribution in [3.05, 3.63) is 65.7 Å². The highest BCUT2D eigenvalue weighted by molar-refractivity contribution is 6.11. The Bertz CT molecular complexity index is 1060. The van der Waals surface area contributed by atoms with Gasteiger partial charge in [0, 0.05) is 35.0 Å². The van der Waals surface area contributed by atoms with E-state index in [1.54, 1.807) is 6.07 Å². The van der Waals surface area contributed by atoms with Crippen LogP contribution in [0.25, 0.3) is 11.3 Å². The summed E-state index contributed by atoms with van der Waals surface area (Å²) in [6.07, 6.45) is 2.68. The van der Waals surface area contributed by atoms with Gasteiger partial charge < -0.3 is 14.7 Å². The number of carbonyl (C=O) groups excluding carboxylic acids is 1. The van der Waals surface area contributed by atoms with Gasteiger partial charge in [-0.25, -0.2) is 9.37 Å². The van der Waals surface area contributed by atoms with Crippen LogP contribution in [-0.2, 0) is 6.54 Å². The zero-order valence-corrected chi connectivity index (χ0v) is 14.1. The molecule has 28 heavy (non-hydrogen) atoms. The summed E-state index contributed by atoms with van der Waals surface area (Å²) in [6, 6.07) is 7.77. The number of fused-ring (bicyclic) bond motifs is 1. The Morgan fingerprint density at radius 2 is 1.93 bits per heavy atom. The van der Waals surface area contributed by atoms with Crippen molar-refractivity contribution in [3.8, 4) is 22.9 Å². The van der Waals surface area contributed by atoms with Crippen molar-refractivity contribution >= 4 is 11.6 Å². The van der Waals surface area contributed by atoms with Crippen LogP contribution in [0, 0.1) is 5.82 Å². The number of benzene rings is 1. The van der Waals surface area contributed by atoms with Crippen LogP contribution in [0.3, 0.4) is 0 Å². The SMILES string of the molecule is O=C1c2ccnc(-c3ccc(F)cc3O)c2CN1c1ccc(OC(F)F)nc1. The van der Waals surface area contributed by atoms with E-state index >= 15 is 0 Å². The number of alkyl halides is 2. The van der Waals surface area contributed by atoms with E-state index in [-0.39, 0.29) is 24.1 Å². The van der Waals surface area contributed by atoms with Crippen LogP contribution in [0.2, 0.25) is 0 Å². The Balaban J connectivity index is 1.69. The minimum absolute atomic E-state index is 0.130. The van der Waals surface area contributed by atoms with Crippen LogP contribution in [0.4, 0.5) is 18.9 Å². The molecule has 1 aliphatic heterocycles. The molecule has 6 nitrogen and oxygen atoms in total. The molecule has 0 atom stereocenters. The van der Waals surface area contributed by atoms with E-state index in [0.29, 0.717) is 28.1 Å². The second-order valence-corrected chi connectivity index (χ2v) is 5.97. The molecule has 0 fully saturated rings. The van der Waals surface area contributed by atoms with Gasteiger partial charge in [-0.15, -0.1) is 0 Å². The van der Waals surface area contributed by atoms with Crippen LogP contribution < -0.4 is 9.64 Å². The average Bonchev–Trinajstić information content (AvgIpc) is 2.99. The van der Waals surface area contributed by atoms with E-state index in [2.05, 4.69) is 14.7 Å². The molecule has 0 spiro atoms. The summed E-state index contributed by atoms with van der Waals surface area (Å²) in [4.78, 5) is 22.2. The molecule has 1 amide bonds. The zero-order chi connectivity index (χ0) is 19.8. The summed E-state index contributed by atoms with van der Waals surface area (Å²) in [5.41, 5.74) is 1.98. The Morgan fingerprint density at radius 3 is 2.61 bits per heavy atom. The van der Waals surface area contributed by atoms with Crippen molar-refractivity contribution in [3.63, 3.8) is 0 Å². The summed E-state index contributed by atoms with van der Waals surface area (Å²) >= 11 is 0. The fraction of sp³-hybridized carbons (Fsp3) is 0.105. The molecule has 1 aromatic carbocycles. The molecular formula is C19H12F3N3O3. The van der Waals surface area contributed by atoms with Crippen LogP contribution in [0.5, 0.6) is 11.6 Å². The lowest BCUT2D eigenvalue weighted by Gasteiger charge is -2.15. The summed E-state index contributed by atoms with van der Waals surface area (Å²) in [5, 5.41) is 10.1. The van der Waals surface area contributed by atoms with Gasteiger partial charge in [0.2, 0.25) is 5.88 Å². The number of phenols is 1. The van der Waals surface area contributed by atoms with Gasteiger partial charge in [0.1, 0.15) is 11.6 Å². The standard InChI is InChI=1S/C19H12F3N3O3/c20-10-1-3-13(15(26)7-10)17-14-9-25(18(27)12(14)5-6-23-17)11-2-4-16(24-8-11)28-19(21)22/h1-8,19,26H,9H2. The molecule has 9 heteroatoms. The van der Waals surface area contributed by atoms with E-state index in [0.717, 1.165) is 6.07 Å². The number of rotatable bonds is 4. The molecule has 142 valence electrons. The van der Waals surface area contributed by atoms with Crippen molar-refractivity contribution in [2.24, 2.45) is 0 Å². The molecule has 0 bridgehead atoms. The lowest BCUT2D eigenvalue weighted by molar-refractivity contribution is -0.0528. The Hall–Kier alpha value is -3.62. The van der Waals surface area contributed by atoms with Gasteiger partial charge in [-0.2, -0.15) is 8.78 Å². The first kappa shape index (κ1) is 17.8. The van der Waals surface area contributed by atoms with Crippen molar-refractivity contribution in [2.45, 2.75) is 13.2 Å². The molecule has 0 radical (unpaired) electrons. The van der Waals surface area contributed by atoms with Crippen LogP contribution in [-0.4, -0.2) is 27.6 Å². The highest BCUT2D eigenvalue weighted by atomic mass is 19.3. The highest BCUT2D eigenvalue weighted by Gasteiger charge is 2.32. The van der Waals surface area contributed by atoms with Gasteiger partial charge in [0.05, 0.1) is 24.1 Å². The van der Waals surface area contributed by atoms with E-state index in [1.165, 1.54) is 41.6 Å². The summed E-state index contributed by atoms with van der Waals surface area (Å²) < 4.78 is 42.0. The fourth-order valence-electron chi connectivity index (χ4n) is 3.07. The largest absolute Gasteiger partial charge is 0.507 e. The number of aromatic hydroxyl groups is 1. The Labute approximate surface area is 156 Å². The van der Waals surface area contributed by atoms with E-state index in [4.69, 9.17) is 0 Å². The molecule has 0 saturated carbocycles. The number of nitrogens with zero attached hydrogens (tertiary/aromatic N) is 3. The van der Waals surface area contributed by atoms with Gasteiger partial charge in [0.25, 0.3) is 5.91 Å². The van der Waals surface area contributed by atoms with Gasteiger partial charge in [-0.05, 0) is 24.3 Å². The monoisotopic (exact) mass is 387 g/mol. The average molecular weight is 387 g/mol. The fourth-order valence-corrected chi connectivity index (χ4v) is 3.07. The molecule has 1 aliphatic rings. The third kappa shape index (κ3) is 3.11. The van der Waals surface area contributed by atoms with Gasteiger partial charge in [-0.1, -0.05) is 0 Å². The van der Waals surface area contributed by atoms with Crippen LogP contribution in [0.1, 0.15) is 15.9 Å². The van der Waals surface area contributed by atoms with Gasteiger partial charge in [-0.3, -0.25) is 9.78 Å². The van der Waals surface area contributed by atoms with Crippen molar-refractivity contribution in [1.29, 1.82) is 0 Å². The number of phenolic OH excluding ortho intramolecular Hbond substituents is 1. The van der Waals surface area contributed by atoms with Crippen molar-refractivity contribution in [2.75, 3.05) is 4.90 Å². The smallest absolute Gasteiger partial charge is 0.388 e. The third-order valence-electron chi connectivity index (χ3n) is 4.30. The molecule has 1 N–H and O–H groups in total. The first-order valence-corrected chi connectivity index (χ1v) is 8.13. The number of halogens is 3. The third-order valence-corrected chi connectivity index (χ3v) is 4.30. The number of hydrogen-bond donors (Lipinski definition) is 1. The van der Waals surface area contributed by atoms with E-state index in [1.807, 2.05) is 0 Å². The molecule has 2 aromatic heterocycles. The molecule has 3 heterocycles. The number of pyridine rings is 2. The maximum absolute atomic E-state index is 13.3. The summed E-state index contributed by atoms with van der Waals surface area (Å²) in [6.45, 7) is -2.86. The number of carbonyl (C=O) groups is 1. The lowest BCUT2D eigenvalue weighted by Crippen LogP contribution is -2.23. The predicted octanol–water partition coefficient (Wildman–Crippen LogP) is 3.75. The second kappa shape index (κ2) is 6.84. The number of anilines is 1. The normalized spacial score (nSPS) is 13.1. The maximum atomic E-state index is 13.3. The summed E-state index contributed by atoms with van der Waals surface area (Å²) in [5.74, 6) is -1.48. The topological polar surface area (TPSA) is 75.5 Å². The first-order valence-electron chi connectivity index (χ1n) is 8.13. The minimum Gasteiger partial charge on any atom is -0.507 e. The lowest BCUT2D eigenvalue weighted by atomic mass is 10.0. The van der Waals surface area contributed by atoms with Crippen LogP contribution in [0.15, 0.2) is 48.8 Å². The predicted molar refractivity (Wildman–Crippen MR) is 92.7 cm³/mol. The number of hydrogen-bond acceptors (Lipinski definition) is 5.